The van der Waals surface area contributed by atoms with Crippen molar-refractivity contribution in [3.63, 3.8) is 0 Å². The monoisotopic (exact) mass is 263 g/mol. The van der Waals surface area contributed by atoms with E-state index in [-0.39, 0.29) is 12.4 Å². The Hall–Kier alpha value is -1.37. The van der Waals surface area contributed by atoms with Crippen LogP contribution in [0.2, 0.25) is 0 Å². The molecular weight excluding hydrogens is 241 g/mol. The van der Waals surface area contributed by atoms with Gasteiger partial charge in [0.15, 0.2) is 0 Å². The van der Waals surface area contributed by atoms with Gasteiger partial charge in [-0.05, 0) is 37.6 Å². The quantitative estimate of drug-likeness (QED) is 0.826. The number of halogens is 1. The Labute approximate surface area is 115 Å². The maximum atomic E-state index is 13.3. The van der Waals surface area contributed by atoms with Gasteiger partial charge in [-0.3, -0.25) is 4.90 Å². The molecule has 104 valence electrons. The van der Waals surface area contributed by atoms with E-state index < -0.39 is 0 Å². The molecule has 3 heteroatoms. The molecule has 0 aliphatic rings. The summed E-state index contributed by atoms with van der Waals surface area (Å²) in [5, 5.41) is 8.76. The van der Waals surface area contributed by atoms with Crippen LogP contribution in [0.5, 0.6) is 0 Å². The van der Waals surface area contributed by atoms with Crippen LogP contribution in [0.1, 0.15) is 37.8 Å². The van der Waals surface area contributed by atoms with Crippen molar-refractivity contribution in [3.05, 3.63) is 35.1 Å². The maximum Gasteiger partial charge on any atom is 0.124 e. The van der Waals surface area contributed by atoms with E-state index in [1.54, 1.807) is 6.07 Å². The zero-order valence-corrected chi connectivity index (χ0v) is 11.9. The third-order valence-corrected chi connectivity index (χ3v) is 3.36. The second-order valence-corrected chi connectivity index (χ2v) is 4.65. The summed E-state index contributed by atoms with van der Waals surface area (Å²) in [7, 11) is 2.07. The van der Waals surface area contributed by atoms with Gasteiger partial charge in [-0.25, -0.2) is 4.39 Å². The first kappa shape index (κ1) is 15.7. The lowest BCUT2D eigenvalue weighted by atomic mass is 10.0. The van der Waals surface area contributed by atoms with Crippen LogP contribution in [0, 0.1) is 17.7 Å². The van der Waals surface area contributed by atoms with Crippen molar-refractivity contribution in [2.45, 2.75) is 39.3 Å². The predicted octanol–water partition coefficient (Wildman–Crippen LogP) is 2.79. The van der Waals surface area contributed by atoms with Gasteiger partial charge in [0.2, 0.25) is 0 Å². The Morgan fingerprint density at radius 3 is 2.58 bits per heavy atom. The zero-order chi connectivity index (χ0) is 14.3. The fraction of sp³-hybridized carbons (Fsp3) is 0.500. The van der Waals surface area contributed by atoms with Crippen LogP contribution >= 0.6 is 0 Å². The average Bonchev–Trinajstić information content (AvgIpc) is 2.40. The summed E-state index contributed by atoms with van der Waals surface area (Å²) in [6.07, 6.45) is 2.18. The second-order valence-electron chi connectivity index (χ2n) is 4.65. The highest BCUT2D eigenvalue weighted by molar-refractivity contribution is 5.41. The Kier molecular flexibility index (Phi) is 6.55. The summed E-state index contributed by atoms with van der Waals surface area (Å²) in [4.78, 5) is 2.26. The topological polar surface area (TPSA) is 23.5 Å². The lowest BCUT2D eigenvalue weighted by Gasteiger charge is -2.26. The van der Waals surface area contributed by atoms with Crippen LogP contribution in [0.25, 0.3) is 0 Å². The minimum atomic E-state index is -0.295. The van der Waals surface area contributed by atoms with Crippen molar-refractivity contribution in [2.75, 3.05) is 13.7 Å². The van der Waals surface area contributed by atoms with Crippen LogP contribution in [0.3, 0.4) is 0 Å². The third kappa shape index (κ3) is 4.66. The molecule has 0 saturated carbocycles. The van der Waals surface area contributed by atoms with Crippen LogP contribution < -0.4 is 0 Å². The molecule has 1 aromatic carbocycles. The summed E-state index contributed by atoms with van der Waals surface area (Å²) < 4.78 is 13.3. The molecule has 0 atom stereocenters. The summed E-state index contributed by atoms with van der Waals surface area (Å²) in [6, 6.07) is 5.18. The Bertz CT molecular complexity index is 458. The molecule has 0 bridgehead atoms. The molecule has 0 amide bonds. The van der Waals surface area contributed by atoms with E-state index in [0.29, 0.717) is 11.6 Å². The largest absolute Gasteiger partial charge is 0.384 e. The first-order chi connectivity index (χ1) is 9.12. The van der Waals surface area contributed by atoms with Gasteiger partial charge < -0.3 is 5.11 Å². The standard InChI is InChI=1S/C16H22FNO/c1-4-16(5-2)18(3)12-14-8-9-15(17)11-13(14)7-6-10-19/h8-9,11,16,19H,4-5,10,12H2,1-3H3. The van der Waals surface area contributed by atoms with Gasteiger partial charge >= 0.3 is 0 Å². The summed E-state index contributed by atoms with van der Waals surface area (Å²) >= 11 is 0. The molecule has 0 aromatic heterocycles. The molecular formula is C16H22FNO. The normalized spacial score (nSPS) is 10.7. The highest BCUT2D eigenvalue weighted by atomic mass is 19.1. The van der Waals surface area contributed by atoms with E-state index in [1.165, 1.54) is 12.1 Å². The van der Waals surface area contributed by atoms with Crippen molar-refractivity contribution in [2.24, 2.45) is 0 Å². The molecule has 19 heavy (non-hydrogen) atoms. The van der Waals surface area contributed by atoms with Gasteiger partial charge in [-0.15, -0.1) is 0 Å². The van der Waals surface area contributed by atoms with E-state index in [0.717, 1.165) is 24.9 Å². The molecule has 0 aliphatic carbocycles. The highest BCUT2D eigenvalue weighted by Gasteiger charge is 2.12. The molecule has 0 spiro atoms. The van der Waals surface area contributed by atoms with E-state index in [4.69, 9.17) is 5.11 Å². The number of aliphatic hydroxyl groups excluding tert-OH is 1. The van der Waals surface area contributed by atoms with Crippen molar-refractivity contribution in [1.29, 1.82) is 0 Å². The fourth-order valence-electron chi connectivity index (χ4n) is 2.25. The van der Waals surface area contributed by atoms with Gasteiger partial charge in [0.05, 0.1) is 0 Å². The van der Waals surface area contributed by atoms with Crippen LogP contribution in [-0.4, -0.2) is 29.7 Å². The number of benzene rings is 1. The zero-order valence-electron chi connectivity index (χ0n) is 11.9. The van der Waals surface area contributed by atoms with E-state index in [2.05, 4.69) is 37.6 Å². The lowest BCUT2D eigenvalue weighted by Crippen LogP contribution is -2.30. The molecule has 0 fully saturated rings. The average molecular weight is 263 g/mol. The van der Waals surface area contributed by atoms with Crippen molar-refractivity contribution in [3.8, 4) is 11.8 Å². The minimum absolute atomic E-state index is 0.210. The third-order valence-electron chi connectivity index (χ3n) is 3.36. The molecule has 0 unspecified atom stereocenters. The van der Waals surface area contributed by atoms with E-state index >= 15 is 0 Å². The Balaban J connectivity index is 2.93. The van der Waals surface area contributed by atoms with Crippen LogP contribution in [0.15, 0.2) is 18.2 Å². The van der Waals surface area contributed by atoms with Gasteiger partial charge in [0.25, 0.3) is 0 Å². The number of aliphatic hydroxyl groups is 1. The van der Waals surface area contributed by atoms with Crippen molar-refractivity contribution < 1.29 is 9.50 Å². The fourth-order valence-corrected chi connectivity index (χ4v) is 2.25. The Morgan fingerprint density at radius 2 is 2.00 bits per heavy atom. The first-order valence-corrected chi connectivity index (χ1v) is 6.70. The van der Waals surface area contributed by atoms with E-state index in [1.807, 2.05) is 0 Å². The van der Waals surface area contributed by atoms with Gasteiger partial charge in [0.1, 0.15) is 12.4 Å². The molecule has 1 N–H and O–H groups in total. The number of rotatable bonds is 5. The van der Waals surface area contributed by atoms with Crippen molar-refractivity contribution in [1.82, 2.24) is 4.90 Å². The number of nitrogens with zero attached hydrogens (tertiary/aromatic N) is 1. The summed E-state index contributed by atoms with van der Waals surface area (Å²) in [5.74, 6) is 5.11. The molecule has 2 nitrogen and oxygen atoms in total. The van der Waals surface area contributed by atoms with Gasteiger partial charge in [0, 0.05) is 18.2 Å². The lowest BCUT2D eigenvalue weighted by molar-refractivity contribution is 0.221. The van der Waals surface area contributed by atoms with E-state index in [9.17, 15) is 4.39 Å². The van der Waals surface area contributed by atoms with Crippen molar-refractivity contribution >= 4 is 0 Å². The molecule has 0 aliphatic heterocycles. The second kappa shape index (κ2) is 7.93. The Morgan fingerprint density at radius 1 is 1.32 bits per heavy atom. The highest BCUT2D eigenvalue weighted by Crippen LogP contribution is 2.16. The smallest absolute Gasteiger partial charge is 0.124 e. The predicted molar refractivity (Wildman–Crippen MR) is 76.2 cm³/mol. The SMILES string of the molecule is CCC(CC)N(C)Cc1ccc(F)cc1C#CCO. The number of hydrogen-bond donors (Lipinski definition) is 1. The van der Waals surface area contributed by atoms with Gasteiger partial charge in [-0.2, -0.15) is 0 Å². The van der Waals surface area contributed by atoms with Crippen LogP contribution in [0.4, 0.5) is 4.39 Å². The maximum absolute atomic E-state index is 13.3. The molecule has 1 rings (SSSR count). The van der Waals surface area contributed by atoms with Crippen LogP contribution in [-0.2, 0) is 6.54 Å². The molecule has 1 aromatic rings. The first-order valence-electron chi connectivity index (χ1n) is 6.70. The molecule has 0 heterocycles. The molecule has 0 saturated heterocycles. The molecule has 0 radical (unpaired) electrons. The number of hydrogen-bond acceptors (Lipinski definition) is 2. The van der Waals surface area contributed by atoms with Gasteiger partial charge in [-0.1, -0.05) is 31.8 Å². The minimum Gasteiger partial charge on any atom is -0.384 e. The summed E-state index contributed by atoms with van der Waals surface area (Å²) in [5.41, 5.74) is 1.66. The summed E-state index contributed by atoms with van der Waals surface area (Å²) in [6.45, 7) is 4.87.